The molecule has 1 heterocycles. The first-order chi connectivity index (χ1) is 11.1. The highest BCUT2D eigenvalue weighted by atomic mass is 35.5. The number of hydrogen-bond acceptors (Lipinski definition) is 3. The number of aromatic nitrogens is 1. The lowest BCUT2D eigenvalue weighted by Gasteiger charge is -2.11. The number of ether oxygens (including phenoxy) is 1. The van der Waals surface area contributed by atoms with Crippen LogP contribution in [0.15, 0.2) is 36.7 Å². The molecule has 0 aliphatic heterocycles. The topological polar surface area (TPSA) is 63.2 Å². The predicted molar refractivity (Wildman–Crippen MR) is 90.9 cm³/mol. The van der Waals surface area contributed by atoms with Crippen LogP contribution in [0.3, 0.4) is 0 Å². The van der Waals surface area contributed by atoms with Crippen LogP contribution < -0.4 is 15.4 Å². The molecule has 2 amide bonds. The monoisotopic (exact) mass is 333 g/mol. The van der Waals surface area contributed by atoms with E-state index in [9.17, 15) is 4.79 Å². The Morgan fingerprint density at radius 1 is 1.17 bits per heavy atom. The van der Waals surface area contributed by atoms with Crippen molar-refractivity contribution in [3.05, 3.63) is 58.4 Å². The van der Waals surface area contributed by atoms with Crippen molar-refractivity contribution in [1.29, 1.82) is 0 Å². The van der Waals surface area contributed by atoms with Crippen molar-refractivity contribution in [2.24, 2.45) is 0 Å². The summed E-state index contributed by atoms with van der Waals surface area (Å²) in [6.07, 6.45) is 3.39. The average molecular weight is 334 g/mol. The van der Waals surface area contributed by atoms with Crippen LogP contribution in [0.2, 0.25) is 5.02 Å². The highest BCUT2D eigenvalue weighted by molar-refractivity contribution is 6.32. The quantitative estimate of drug-likeness (QED) is 0.798. The summed E-state index contributed by atoms with van der Waals surface area (Å²) < 4.78 is 5.63. The summed E-state index contributed by atoms with van der Waals surface area (Å²) in [5.41, 5.74) is 2.95. The Morgan fingerprint density at radius 3 is 2.48 bits per heavy atom. The summed E-state index contributed by atoms with van der Waals surface area (Å²) in [7, 11) is 0. The number of halogens is 1. The van der Waals surface area contributed by atoms with Gasteiger partial charge in [-0.05, 0) is 54.8 Å². The molecule has 0 fully saturated rings. The molecule has 2 aromatic rings. The molecule has 2 N–H and O–H groups in total. The maximum atomic E-state index is 11.7. The summed E-state index contributed by atoms with van der Waals surface area (Å²) >= 11 is 6.11. The van der Waals surface area contributed by atoms with Crippen LogP contribution in [0.5, 0.6) is 5.75 Å². The summed E-state index contributed by atoms with van der Waals surface area (Å²) in [4.78, 5) is 15.6. The number of rotatable bonds is 6. The minimum Gasteiger partial charge on any atom is -0.492 e. The third kappa shape index (κ3) is 5.45. The van der Waals surface area contributed by atoms with E-state index in [4.69, 9.17) is 16.3 Å². The van der Waals surface area contributed by atoms with E-state index in [0.717, 1.165) is 27.5 Å². The SMILES string of the molecule is Cc1cc(OCCNC(=O)NCc2ccncc2)cc(C)c1Cl. The van der Waals surface area contributed by atoms with E-state index in [-0.39, 0.29) is 6.03 Å². The molecule has 5 nitrogen and oxygen atoms in total. The number of nitrogens with zero attached hydrogens (tertiary/aromatic N) is 1. The number of amides is 2. The van der Waals surface area contributed by atoms with Crippen LogP contribution in [-0.2, 0) is 6.54 Å². The number of urea groups is 1. The van der Waals surface area contributed by atoms with Crippen molar-refractivity contribution < 1.29 is 9.53 Å². The van der Waals surface area contributed by atoms with Gasteiger partial charge in [0.05, 0.1) is 6.54 Å². The first kappa shape index (κ1) is 17.1. The number of nitrogens with one attached hydrogen (secondary N) is 2. The van der Waals surface area contributed by atoms with Crippen molar-refractivity contribution in [2.75, 3.05) is 13.2 Å². The van der Waals surface area contributed by atoms with Gasteiger partial charge in [-0.3, -0.25) is 4.98 Å². The summed E-state index contributed by atoms with van der Waals surface area (Å²) in [5.74, 6) is 0.753. The van der Waals surface area contributed by atoms with E-state index >= 15 is 0 Å². The Kier molecular flexibility index (Phi) is 6.23. The van der Waals surface area contributed by atoms with Crippen LogP contribution in [0.4, 0.5) is 4.79 Å². The van der Waals surface area contributed by atoms with Crippen LogP contribution in [0, 0.1) is 13.8 Å². The molecule has 0 atom stereocenters. The molecule has 0 unspecified atom stereocenters. The molecule has 1 aromatic carbocycles. The molecule has 0 spiro atoms. The normalized spacial score (nSPS) is 10.2. The van der Waals surface area contributed by atoms with Crippen molar-refractivity contribution in [3.8, 4) is 5.75 Å². The van der Waals surface area contributed by atoms with Gasteiger partial charge >= 0.3 is 6.03 Å². The van der Waals surface area contributed by atoms with E-state index in [1.54, 1.807) is 12.4 Å². The number of pyridine rings is 1. The fourth-order valence-electron chi connectivity index (χ4n) is 2.07. The smallest absolute Gasteiger partial charge is 0.315 e. The van der Waals surface area contributed by atoms with Gasteiger partial charge in [0.15, 0.2) is 0 Å². The minimum atomic E-state index is -0.228. The Balaban J connectivity index is 1.68. The molecule has 0 radical (unpaired) electrons. The summed E-state index contributed by atoms with van der Waals surface area (Å²) in [6, 6.07) is 7.26. The van der Waals surface area contributed by atoms with Crippen molar-refractivity contribution in [2.45, 2.75) is 20.4 Å². The standard InChI is InChI=1S/C17H20ClN3O2/c1-12-9-15(10-13(2)16(12)18)23-8-7-20-17(22)21-11-14-3-5-19-6-4-14/h3-6,9-10H,7-8,11H2,1-2H3,(H2,20,21,22). The largest absolute Gasteiger partial charge is 0.492 e. The average Bonchev–Trinajstić information content (AvgIpc) is 2.55. The molecule has 6 heteroatoms. The van der Waals surface area contributed by atoms with Crippen LogP contribution >= 0.6 is 11.6 Å². The predicted octanol–water partition coefficient (Wildman–Crippen LogP) is 3.23. The molecular formula is C17H20ClN3O2. The molecule has 0 saturated carbocycles. The third-order valence-electron chi connectivity index (χ3n) is 3.27. The zero-order valence-electron chi connectivity index (χ0n) is 13.2. The Labute approximate surface area is 141 Å². The minimum absolute atomic E-state index is 0.228. The molecule has 0 aliphatic carbocycles. The lowest BCUT2D eigenvalue weighted by atomic mass is 10.1. The van der Waals surface area contributed by atoms with Gasteiger partial charge in [-0.2, -0.15) is 0 Å². The maximum Gasteiger partial charge on any atom is 0.315 e. The molecule has 122 valence electrons. The summed E-state index contributed by atoms with van der Waals surface area (Å²) in [6.45, 7) is 5.15. The van der Waals surface area contributed by atoms with Gasteiger partial charge in [-0.1, -0.05) is 11.6 Å². The van der Waals surface area contributed by atoms with Gasteiger partial charge in [0.25, 0.3) is 0 Å². The highest BCUT2D eigenvalue weighted by Gasteiger charge is 2.04. The third-order valence-corrected chi connectivity index (χ3v) is 3.86. The van der Waals surface area contributed by atoms with Gasteiger partial charge < -0.3 is 15.4 Å². The van der Waals surface area contributed by atoms with Crippen molar-refractivity contribution >= 4 is 17.6 Å². The van der Waals surface area contributed by atoms with E-state index in [1.807, 2.05) is 38.1 Å². The molecule has 2 rings (SSSR count). The van der Waals surface area contributed by atoms with Crippen molar-refractivity contribution in [3.63, 3.8) is 0 Å². The molecule has 23 heavy (non-hydrogen) atoms. The molecular weight excluding hydrogens is 314 g/mol. The number of carbonyl (C=O) groups is 1. The second-order valence-electron chi connectivity index (χ2n) is 5.18. The highest BCUT2D eigenvalue weighted by Crippen LogP contribution is 2.25. The maximum absolute atomic E-state index is 11.7. The van der Waals surface area contributed by atoms with Gasteiger partial charge in [0, 0.05) is 24.0 Å². The van der Waals surface area contributed by atoms with Crippen LogP contribution in [0.25, 0.3) is 0 Å². The van der Waals surface area contributed by atoms with Crippen molar-refractivity contribution in [1.82, 2.24) is 15.6 Å². The van der Waals surface area contributed by atoms with Gasteiger partial charge in [0.1, 0.15) is 12.4 Å². The first-order valence-corrected chi connectivity index (χ1v) is 7.74. The van der Waals surface area contributed by atoms with Gasteiger partial charge in [0.2, 0.25) is 0 Å². The number of benzene rings is 1. The lowest BCUT2D eigenvalue weighted by Crippen LogP contribution is -2.37. The molecule has 1 aromatic heterocycles. The molecule has 0 aliphatic rings. The fourth-order valence-corrected chi connectivity index (χ4v) is 2.18. The van der Waals surface area contributed by atoms with E-state index in [1.165, 1.54) is 0 Å². The molecule has 0 bridgehead atoms. The number of aryl methyl sites for hydroxylation is 2. The zero-order chi connectivity index (χ0) is 16.7. The fraction of sp³-hybridized carbons (Fsp3) is 0.294. The van der Waals surface area contributed by atoms with E-state index in [0.29, 0.717) is 19.7 Å². The Hall–Kier alpha value is -2.27. The van der Waals surface area contributed by atoms with Crippen LogP contribution in [-0.4, -0.2) is 24.2 Å². The Morgan fingerprint density at radius 2 is 1.83 bits per heavy atom. The van der Waals surface area contributed by atoms with E-state index < -0.39 is 0 Å². The van der Waals surface area contributed by atoms with E-state index in [2.05, 4.69) is 15.6 Å². The van der Waals surface area contributed by atoms with Crippen LogP contribution in [0.1, 0.15) is 16.7 Å². The number of hydrogen-bond donors (Lipinski definition) is 2. The zero-order valence-corrected chi connectivity index (χ0v) is 14.0. The first-order valence-electron chi connectivity index (χ1n) is 7.36. The number of carbonyl (C=O) groups excluding carboxylic acids is 1. The Bertz CT molecular complexity index is 639. The van der Waals surface area contributed by atoms with Gasteiger partial charge in [-0.25, -0.2) is 4.79 Å². The second kappa shape index (κ2) is 8.39. The second-order valence-corrected chi connectivity index (χ2v) is 5.56. The molecule has 0 saturated heterocycles. The summed E-state index contributed by atoms with van der Waals surface area (Å²) in [5, 5.41) is 6.28. The van der Waals surface area contributed by atoms with Gasteiger partial charge in [-0.15, -0.1) is 0 Å². The lowest BCUT2D eigenvalue weighted by molar-refractivity contribution is 0.236.